The molecule has 1 amide bonds. The number of benzene rings is 2. The predicted molar refractivity (Wildman–Crippen MR) is 105 cm³/mol. The molecule has 0 radical (unpaired) electrons. The van der Waals surface area contributed by atoms with Gasteiger partial charge in [0.2, 0.25) is 5.91 Å². The van der Waals surface area contributed by atoms with Crippen LogP contribution in [0.4, 0.5) is 4.39 Å². The summed E-state index contributed by atoms with van der Waals surface area (Å²) in [6, 6.07) is 12.5. The van der Waals surface area contributed by atoms with Gasteiger partial charge in [-0.1, -0.05) is 6.07 Å². The van der Waals surface area contributed by atoms with Crippen LogP contribution in [0.25, 0.3) is 22.2 Å². The number of carbonyl (C=O) groups excluding carboxylic acids is 1. The van der Waals surface area contributed by atoms with Crippen LogP contribution in [0, 0.1) is 12.7 Å². The number of nitrogens with one attached hydrogen (secondary N) is 2. The van der Waals surface area contributed by atoms with Crippen molar-refractivity contribution in [1.29, 1.82) is 0 Å². The van der Waals surface area contributed by atoms with Gasteiger partial charge in [-0.05, 0) is 60.0 Å². The quantitative estimate of drug-likeness (QED) is 0.539. The largest absolute Gasteiger partial charge is 0.354 e. The SMILES string of the molecule is Cc1c(-c2ccc(F)cc2)[nH]c2ccc(CNC(=O)CCn3cnnc3)cc12. The highest BCUT2D eigenvalue weighted by atomic mass is 19.1. The van der Waals surface area contributed by atoms with E-state index in [1.165, 1.54) is 12.1 Å². The monoisotopic (exact) mass is 377 g/mol. The van der Waals surface area contributed by atoms with E-state index < -0.39 is 0 Å². The van der Waals surface area contributed by atoms with Crippen LogP contribution in [0.2, 0.25) is 0 Å². The molecule has 0 spiro atoms. The lowest BCUT2D eigenvalue weighted by Gasteiger charge is -2.06. The van der Waals surface area contributed by atoms with Gasteiger partial charge in [0.1, 0.15) is 18.5 Å². The van der Waals surface area contributed by atoms with Crippen molar-refractivity contribution in [3.63, 3.8) is 0 Å². The molecular formula is C21H20FN5O. The minimum Gasteiger partial charge on any atom is -0.354 e. The number of aromatic amines is 1. The van der Waals surface area contributed by atoms with Gasteiger partial charge in [-0.2, -0.15) is 0 Å². The van der Waals surface area contributed by atoms with E-state index in [2.05, 4.69) is 26.6 Å². The number of carbonyl (C=O) groups is 1. The van der Waals surface area contributed by atoms with E-state index in [-0.39, 0.29) is 11.7 Å². The minimum atomic E-state index is -0.250. The zero-order valence-corrected chi connectivity index (χ0v) is 15.4. The van der Waals surface area contributed by atoms with E-state index in [0.717, 1.165) is 33.3 Å². The summed E-state index contributed by atoms with van der Waals surface area (Å²) >= 11 is 0. The topological polar surface area (TPSA) is 75.6 Å². The second-order valence-electron chi connectivity index (χ2n) is 6.74. The van der Waals surface area contributed by atoms with Crippen LogP contribution < -0.4 is 5.32 Å². The molecule has 0 atom stereocenters. The summed E-state index contributed by atoms with van der Waals surface area (Å²) in [5, 5.41) is 11.5. The van der Waals surface area contributed by atoms with Crippen LogP contribution in [-0.2, 0) is 17.9 Å². The standard InChI is InChI=1S/C21H20FN5O/c1-14-18-10-15(11-23-20(28)8-9-27-12-24-25-13-27)2-7-19(18)26-21(14)16-3-5-17(22)6-4-16/h2-7,10,12-13,26H,8-9,11H2,1H3,(H,23,28). The van der Waals surface area contributed by atoms with Gasteiger partial charge in [0, 0.05) is 36.1 Å². The maximum absolute atomic E-state index is 13.2. The van der Waals surface area contributed by atoms with E-state index in [0.29, 0.717) is 19.5 Å². The number of halogens is 1. The van der Waals surface area contributed by atoms with E-state index in [9.17, 15) is 9.18 Å². The number of hydrogen-bond donors (Lipinski definition) is 2. The Hall–Kier alpha value is -3.48. The number of fused-ring (bicyclic) bond motifs is 1. The molecule has 2 heterocycles. The maximum Gasteiger partial charge on any atom is 0.222 e. The van der Waals surface area contributed by atoms with Crippen molar-refractivity contribution in [2.24, 2.45) is 0 Å². The third-order valence-electron chi connectivity index (χ3n) is 4.81. The molecule has 0 saturated carbocycles. The first-order valence-electron chi connectivity index (χ1n) is 9.06. The average molecular weight is 377 g/mol. The Balaban J connectivity index is 1.46. The molecule has 0 aliphatic heterocycles. The van der Waals surface area contributed by atoms with Crippen molar-refractivity contribution in [3.8, 4) is 11.3 Å². The van der Waals surface area contributed by atoms with Gasteiger partial charge in [0.15, 0.2) is 0 Å². The van der Waals surface area contributed by atoms with Gasteiger partial charge in [-0.25, -0.2) is 4.39 Å². The second kappa shape index (κ2) is 7.64. The molecule has 7 heteroatoms. The van der Waals surface area contributed by atoms with Gasteiger partial charge in [0.25, 0.3) is 0 Å². The number of hydrogen-bond acceptors (Lipinski definition) is 3. The fourth-order valence-corrected chi connectivity index (χ4v) is 3.25. The molecule has 0 saturated heterocycles. The molecule has 142 valence electrons. The molecule has 2 aromatic heterocycles. The van der Waals surface area contributed by atoms with Gasteiger partial charge < -0.3 is 14.9 Å². The lowest BCUT2D eigenvalue weighted by Crippen LogP contribution is -2.23. The highest BCUT2D eigenvalue weighted by Crippen LogP contribution is 2.30. The zero-order valence-electron chi connectivity index (χ0n) is 15.4. The molecule has 2 aromatic carbocycles. The fraction of sp³-hybridized carbons (Fsp3) is 0.190. The molecule has 6 nitrogen and oxygen atoms in total. The lowest BCUT2D eigenvalue weighted by molar-refractivity contribution is -0.121. The van der Waals surface area contributed by atoms with Crippen molar-refractivity contribution in [3.05, 3.63) is 72.1 Å². The first-order valence-corrected chi connectivity index (χ1v) is 9.06. The molecule has 4 aromatic rings. The summed E-state index contributed by atoms with van der Waals surface area (Å²) in [5.41, 5.74) is 5.06. The predicted octanol–water partition coefficient (Wildman–Crippen LogP) is 3.58. The van der Waals surface area contributed by atoms with Crippen LogP contribution in [0.15, 0.2) is 55.1 Å². The summed E-state index contributed by atoms with van der Waals surface area (Å²) in [7, 11) is 0. The van der Waals surface area contributed by atoms with E-state index in [1.807, 2.05) is 19.1 Å². The maximum atomic E-state index is 13.2. The Morgan fingerprint density at radius 3 is 2.64 bits per heavy atom. The Bertz CT molecular complexity index is 1100. The van der Waals surface area contributed by atoms with Gasteiger partial charge in [0.05, 0.1) is 0 Å². The van der Waals surface area contributed by atoms with Crippen LogP contribution >= 0.6 is 0 Å². The van der Waals surface area contributed by atoms with Crippen molar-refractivity contribution >= 4 is 16.8 Å². The summed E-state index contributed by atoms with van der Waals surface area (Å²) in [6.45, 7) is 3.06. The van der Waals surface area contributed by atoms with Crippen LogP contribution in [0.5, 0.6) is 0 Å². The van der Waals surface area contributed by atoms with Crippen LogP contribution in [0.3, 0.4) is 0 Å². The third-order valence-corrected chi connectivity index (χ3v) is 4.81. The molecule has 0 aliphatic rings. The van der Waals surface area contributed by atoms with Gasteiger partial charge in [-0.3, -0.25) is 4.79 Å². The third kappa shape index (κ3) is 3.78. The van der Waals surface area contributed by atoms with E-state index in [1.54, 1.807) is 29.4 Å². The fourth-order valence-electron chi connectivity index (χ4n) is 3.25. The van der Waals surface area contributed by atoms with Crippen LogP contribution in [0.1, 0.15) is 17.5 Å². The summed E-state index contributed by atoms with van der Waals surface area (Å²) in [5.74, 6) is -0.272. The smallest absolute Gasteiger partial charge is 0.222 e. The Labute approximate surface area is 161 Å². The first kappa shape index (κ1) is 17.9. The van der Waals surface area contributed by atoms with Crippen molar-refractivity contribution in [1.82, 2.24) is 25.1 Å². The first-order chi connectivity index (χ1) is 13.6. The number of aromatic nitrogens is 4. The molecular weight excluding hydrogens is 357 g/mol. The Morgan fingerprint density at radius 2 is 1.89 bits per heavy atom. The summed E-state index contributed by atoms with van der Waals surface area (Å²) in [6.07, 6.45) is 3.56. The summed E-state index contributed by atoms with van der Waals surface area (Å²) < 4.78 is 15.0. The number of aryl methyl sites for hydroxylation is 2. The number of amides is 1. The highest BCUT2D eigenvalue weighted by Gasteiger charge is 2.11. The second-order valence-corrected chi connectivity index (χ2v) is 6.74. The van der Waals surface area contributed by atoms with Crippen molar-refractivity contribution in [2.75, 3.05) is 0 Å². The Morgan fingerprint density at radius 1 is 1.14 bits per heavy atom. The number of nitrogens with zero attached hydrogens (tertiary/aromatic N) is 3. The molecule has 28 heavy (non-hydrogen) atoms. The zero-order chi connectivity index (χ0) is 19.5. The van der Waals surface area contributed by atoms with E-state index in [4.69, 9.17) is 0 Å². The molecule has 0 aliphatic carbocycles. The normalized spacial score (nSPS) is 11.1. The molecule has 2 N–H and O–H groups in total. The molecule has 0 fully saturated rings. The van der Waals surface area contributed by atoms with Gasteiger partial charge >= 0.3 is 0 Å². The Kier molecular flexibility index (Phi) is 4.89. The number of rotatable bonds is 6. The average Bonchev–Trinajstić information content (AvgIpc) is 3.34. The van der Waals surface area contributed by atoms with Crippen LogP contribution in [-0.4, -0.2) is 25.7 Å². The minimum absolute atomic E-state index is 0.0217. The summed E-state index contributed by atoms with van der Waals surface area (Å²) in [4.78, 5) is 15.5. The van der Waals surface area contributed by atoms with Crippen molar-refractivity contribution < 1.29 is 9.18 Å². The molecule has 0 unspecified atom stereocenters. The lowest BCUT2D eigenvalue weighted by atomic mass is 10.0. The van der Waals surface area contributed by atoms with Crippen molar-refractivity contribution in [2.45, 2.75) is 26.4 Å². The number of H-pyrrole nitrogens is 1. The highest BCUT2D eigenvalue weighted by molar-refractivity contribution is 5.91. The van der Waals surface area contributed by atoms with E-state index >= 15 is 0 Å². The van der Waals surface area contributed by atoms with Gasteiger partial charge in [-0.15, -0.1) is 10.2 Å². The molecule has 4 rings (SSSR count). The molecule has 0 bridgehead atoms.